The van der Waals surface area contributed by atoms with Crippen LogP contribution < -0.4 is 5.32 Å². The van der Waals surface area contributed by atoms with Gasteiger partial charge in [0, 0.05) is 23.0 Å². The van der Waals surface area contributed by atoms with Crippen molar-refractivity contribution >= 4 is 39.9 Å². The van der Waals surface area contributed by atoms with E-state index < -0.39 is 0 Å². The number of benzene rings is 2. The number of halogens is 2. The van der Waals surface area contributed by atoms with Crippen molar-refractivity contribution in [2.45, 2.75) is 0 Å². The molecule has 0 spiro atoms. The summed E-state index contributed by atoms with van der Waals surface area (Å²) in [6.07, 6.45) is 0. The molecule has 1 N–H and O–H groups in total. The average Bonchev–Trinajstić information content (AvgIpc) is 2.46. The van der Waals surface area contributed by atoms with Gasteiger partial charge >= 0.3 is 0 Å². The third-order valence-electron chi connectivity index (χ3n) is 3.01. The van der Waals surface area contributed by atoms with E-state index >= 15 is 0 Å². The monoisotopic (exact) mass is 303 g/mol. The first-order chi connectivity index (χ1) is 9.69. The van der Waals surface area contributed by atoms with Crippen molar-refractivity contribution in [1.29, 1.82) is 0 Å². The van der Waals surface area contributed by atoms with Crippen LogP contribution in [0.1, 0.15) is 0 Å². The molecule has 0 saturated carbocycles. The molecule has 3 rings (SSSR count). The Hall–Kier alpha value is -1.84. The summed E-state index contributed by atoms with van der Waals surface area (Å²) in [6, 6.07) is 13.0. The summed E-state index contributed by atoms with van der Waals surface area (Å²) < 4.78 is 0. The zero-order chi connectivity index (χ0) is 14.1. The lowest BCUT2D eigenvalue weighted by atomic mass is 10.2. The number of fused-ring (bicyclic) bond motifs is 1. The highest BCUT2D eigenvalue weighted by Crippen LogP contribution is 2.30. The number of nitrogens with zero attached hydrogens (tertiary/aromatic N) is 2. The zero-order valence-corrected chi connectivity index (χ0v) is 12.2. The maximum atomic E-state index is 6.21. The van der Waals surface area contributed by atoms with Gasteiger partial charge in [-0.25, -0.2) is 9.97 Å². The quantitative estimate of drug-likeness (QED) is 0.749. The first kappa shape index (κ1) is 13.2. The van der Waals surface area contributed by atoms with Crippen molar-refractivity contribution < 1.29 is 0 Å². The van der Waals surface area contributed by atoms with Crippen LogP contribution in [0.3, 0.4) is 0 Å². The predicted molar refractivity (Wildman–Crippen MR) is 84.5 cm³/mol. The number of nitrogens with one attached hydrogen (secondary N) is 1. The van der Waals surface area contributed by atoms with E-state index in [4.69, 9.17) is 23.2 Å². The van der Waals surface area contributed by atoms with Gasteiger partial charge in [0.05, 0.1) is 10.5 Å². The molecule has 1 aromatic heterocycles. The van der Waals surface area contributed by atoms with Gasteiger partial charge in [-0.15, -0.1) is 0 Å². The van der Waals surface area contributed by atoms with Crippen LogP contribution in [0.25, 0.3) is 22.3 Å². The minimum atomic E-state index is 0.578. The molecule has 0 aliphatic heterocycles. The van der Waals surface area contributed by atoms with Crippen LogP contribution in [0.4, 0.5) is 5.82 Å². The molecule has 5 heteroatoms. The molecule has 3 nitrogen and oxygen atoms in total. The highest BCUT2D eigenvalue weighted by Gasteiger charge is 2.11. The van der Waals surface area contributed by atoms with Crippen molar-refractivity contribution in [3.8, 4) is 11.4 Å². The molecule has 0 aliphatic carbocycles. The van der Waals surface area contributed by atoms with Crippen molar-refractivity contribution in [1.82, 2.24) is 9.97 Å². The Balaban J connectivity index is 2.30. The van der Waals surface area contributed by atoms with Gasteiger partial charge in [-0.2, -0.15) is 0 Å². The summed E-state index contributed by atoms with van der Waals surface area (Å²) in [5.74, 6) is 1.33. The van der Waals surface area contributed by atoms with Crippen LogP contribution in [0.2, 0.25) is 10.0 Å². The highest BCUT2D eigenvalue weighted by molar-refractivity contribution is 6.33. The second kappa shape index (κ2) is 5.27. The molecule has 0 bridgehead atoms. The number of aromatic nitrogens is 2. The van der Waals surface area contributed by atoms with Gasteiger partial charge in [0.25, 0.3) is 0 Å². The van der Waals surface area contributed by atoms with E-state index in [1.807, 2.05) is 49.5 Å². The first-order valence-corrected chi connectivity index (χ1v) is 6.84. The van der Waals surface area contributed by atoms with Crippen LogP contribution in [0.15, 0.2) is 42.5 Å². The van der Waals surface area contributed by atoms with Crippen molar-refractivity contribution in [2.75, 3.05) is 12.4 Å². The van der Waals surface area contributed by atoms with E-state index in [2.05, 4.69) is 15.3 Å². The van der Waals surface area contributed by atoms with E-state index in [1.165, 1.54) is 0 Å². The van der Waals surface area contributed by atoms with E-state index in [-0.39, 0.29) is 0 Å². The highest BCUT2D eigenvalue weighted by atomic mass is 35.5. The second-order valence-electron chi connectivity index (χ2n) is 4.29. The van der Waals surface area contributed by atoms with Crippen LogP contribution in [0, 0.1) is 0 Å². The van der Waals surface area contributed by atoms with Crippen molar-refractivity contribution in [3.63, 3.8) is 0 Å². The van der Waals surface area contributed by atoms with Gasteiger partial charge in [0.15, 0.2) is 5.82 Å². The molecule has 0 unspecified atom stereocenters. The first-order valence-electron chi connectivity index (χ1n) is 6.09. The molecule has 0 atom stereocenters. The van der Waals surface area contributed by atoms with E-state index in [9.17, 15) is 0 Å². The molecule has 0 aliphatic rings. The maximum Gasteiger partial charge on any atom is 0.163 e. The smallest absolute Gasteiger partial charge is 0.163 e. The minimum Gasteiger partial charge on any atom is -0.373 e. The molecule has 1 heterocycles. The Kier molecular flexibility index (Phi) is 3.47. The maximum absolute atomic E-state index is 6.21. The lowest BCUT2D eigenvalue weighted by molar-refractivity contribution is 1.21. The number of hydrogen-bond acceptors (Lipinski definition) is 3. The summed E-state index contributed by atoms with van der Waals surface area (Å²) in [5, 5.41) is 5.27. The third-order valence-corrected chi connectivity index (χ3v) is 3.58. The van der Waals surface area contributed by atoms with Crippen molar-refractivity contribution in [2.24, 2.45) is 0 Å². The molecule has 0 fully saturated rings. The molecule has 0 radical (unpaired) electrons. The topological polar surface area (TPSA) is 37.8 Å². The fourth-order valence-corrected chi connectivity index (χ4v) is 2.44. The summed E-state index contributed by atoms with van der Waals surface area (Å²) in [4.78, 5) is 9.09. The van der Waals surface area contributed by atoms with Gasteiger partial charge in [-0.1, -0.05) is 35.3 Å². The Bertz CT molecular complexity index is 787. The summed E-state index contributed by atoms with van der Waals surface area (Å²) in [7, 11) is 1.83. The molecule has 3 aromatic rings. The normalized spacial score (nSPS) is 10.8. The van der Waals surface area contributed by atoms with Crippen LogP contribution in [0.5, 0.6) is 0 Å². The Morgan fingerprint density at radius 2 is 1.80 bits per heavy atom. The molecule has 2 aromatic carbocycles. The Labute approximate surface area is 126 Å². The molecule has 100 valence electrons. The molecule has 0 saturated heterocycles. The van der Waals surface area contributed by atoms with Gasteiger partial charge in [-0.05, 0) is 30.3 Å². The van der Waals surface area contributed by atoms with E-state index in [0.717, 1.165) is 22.3 Å². The summed E-state index contributed by atoms with van der Waals surface area (Å²) in [6.45, 7) is 0. The fourth-order valence-electron chi connectivity index (χ4n) is 2.06. The molecular weight excluding hydrogens is 293 g/mol. The molecule has 0 amide bonds. The van der Waals surface area contributed by atoms with E-state index in [0.29, 0.717) is 15.9 Å². The van der Waals surface area contributed by atoms with E-state index in [1.54, 1.807) is 0 Å². The summed E-state index contributed by atoms with van der Waals surface area (Å²) >= 11 is 12.2. The zero-order valence-electron chi connectivity index (χ0n) is 10.7. The lowest BCUT2D eigenvalue weighted by Gasteiger charge is -2.09. The lowest BCUT2D eigenvalue weighted by Crippen LogP contribution is -1.99. The van der Waals surface area contributed by atoms with Gasteiger partial charge in [-0.3, -0.25) is 0 Å². The Morgan fingerprint density at radius 3 is 2.55 bits per heavy atom. The van der Waals surface area contributed by atoms with Gasteiger partial charge in [0.2, 0.25) is 0 Å². The third kappa shape index (κ3) is 2.30. The number of rotatable bonds is 2. The minimum absolute atomic E-state index is 0.578. The van der Waals surface area contributed by atoms with Crippen molar-refractivity contribution in [3.05, 3.63) is 52.5 Å². The fraction of sp³-hybridized carbons (Fsp3) is 0.0667. The van der Waals surface area contributed by atoms with Crippen LogP contribution in [-0.2, 0) is 0 Å². The van der Waals surface area contributed by atoms with Crippen LogP contribution in [-0.4, -0.2) is 17.0 Å². The Morgan fingerprint density at radius 1 is 1.00 bits per heavy atom. The number of hydrogen-bond donors (Lipinski definition) is 1. The number of anilines is 1. The molecule has 20 heavy (non-hydrogen) atoms. The van der Waals surface area contributed by atoms with Crippen LogP contribution >= 0.6 is 23.2 Å². The second-order valence-corrected chi connectivity index (χ2v) is 5.13. The summed E-state index contributed by atoms with van der Waals surface area (Å²) in [5.41, 5.74) is 1.58. The SMILES string of the molecule is CNc1nc(-c2ccccc2Cl)nc2cc(Cl)ccc12. The standard InChI is InChI=1S/C15H11Cl2N3/c1-18-14-11-7-6-9(16)8-13(11)19-15(20-14)10-4-2-3-5-12(10)17/h2-8H,1H3,(H,18,19,20). The van der Waals surface area contributed by atoms with Gasteiger partial charge < -0.3 is 5.32 Å². The largest absolute Gasteiger partial charge is 0.373 e. The average molecular weight is 304 g/mol. The predicted octanol–water partition coefficient (Wildman–Crippen LogP) is 4.65. The van der Waals surface area contributed by atoms with Gasteiger partial charge in [0.1, 0.15) is 5.82 Å². The molecular formula is C15H11Cl2N3.